The molecule has 1 saturated carbocycles. The van der Waals surface area contributed by atoms with E-state index >= 15 is 0 Å². The topological polar surface area (TPSA) is 96.0 Å². The van der Waals surface area contributed by atoms with Crippen molar-refractivity contribution in [2.45, 2.75) is 47.9 Å². The molecule has 0 bridgehead atoms. The third-order valence-corrected chi connectivity index (χ3v) is 9.65. The van der Waals surface area contributed by atoms with Crippen LogP contribution in [-0.4, -0.2) is 78.0 Å². The number of benzene rings is 1. The van der Waals surface area contributed by atoms with Gasteiger partial charge in [-0.15, -0.1) is 0 Å². The van der Waals surface area contributed by atoms with E-state index in [1.54, 1.807) is 0 Å². The molecule has 2 aliphatic heterocycles. The summed E-state index contributed by atoms with van der Waals surface area (Å²) in [6.45, 7) is 5.63. The Morgan fingerprint density at radius 2 is 1.47 bits per heavy atom. The van der Waals surface area contributed by atoms with E-state index in [4.69, 9.17) is 4.74 Å². The van der Waals surface area contributed by atoms with E-state index in [-0.39, 0.29) is 15.8 Å². The Kier molecular flexibility index (Phi) is 6.81. The van der Waals surface area contributed by atoms with Crippen molar-refractivity contribution in [1.29, 1.82) is 0 Å². The van der Waals surface area contributed by atoms with Gasteiger partial charge in [-0.1, -0.05) is 0 Å². The van der Waals surface area contributed by atoms with Crippen LogP contribution in [0.3, 0.4) is 0 Å². The number of sulfonamides is 2. The van der Waals surface area contributed by atoms with Gasteiger partial charge in [0.15, 0.2) is 0 Å². The van der Waals surface area contributed by atoms with Gasteiger partial charge in [-0.3, -0.25) is 4.90 Å². The summed E-state index contributed by atoms with van der Waals surface area (Å²) in [6, 6.07) is 5.59. The first-order valence-corrected chi connectivity index (χ1v) is 13.7. The van der Waals surface area contributed by atoms with E-state index in [0.29, 0.717) is 19.0 Å². The molecule has 3 fully saturated rings. The zero-order valence-electron chi connectivity index (χ0n) is 17.2. The second-order valence-corrected chi connectivity index (χ2v) is 12.1. The summed E-state index contributed by atoms with van der Waals surface area (Å²) in [6.07, 6.45) is 4.53. The van der Waals surface area contributed by atoms with E-state index in [1.807, 2.05) is 0 Å². The highest BCUT2D eigenvalue weighted by molar-refractivity contribution is 7.89. The van der Waals surface area contributed by atoms with E-state index < -0.39 is 20.0 Å². The quantitative estimate of drug-likeness (QED) is 0.631. The predicted octanol–water partition coefficient (Wildman–Crippen LogP) is 1.25. The van der Waals surface area contributed by atoms with Gasteiger partial charge in [0.2, 0.25) is 20.0 Å². The van der Waals surface area contributed by atoms with Gasteiger partial charge in [-0.25, -0.2) is 21.6 Å². The normalized spacial score (nSPS) is 22.9. The summed E-state index contributed by atoms with van der Waals surface area (Å²) in [5, 5.41) is 0. The van der Waals surface area contributed by atoms with Crippen molar-refractivity contribution < 1.29 is 21.6 Å². The zero-order chi connectivity index (χ0) is 21.2. The average molecular weight is 458 g/mol. The number of rotatable bonds is 8. The Morgan fingerprint density at radius 1 is 0.867 bits per heavy atom. The molecule has 0 atom stereocenters. The number of hydrogen-bond acceptors (Lipinski definition) is 6. The molecule has 0 spiro atoms. The highest BCUT2D eigenvalue weighted by atomic mass is 32.2. The lowest BCUT2D eigenvalue weighted by molar-refractivity contribution is 0.0343. The molecule has 0 aromatic heterocycles. The number of piperidine rings is 1. The molecule has 3 aliphatic rings. The first-order valence-electron chi connectivity index (χ1n) is 10.8. The van der Waals surface area contributed by atoms with Gasteiger partial charge >= 0.3 is 0 Å². The lowest BCUT2D eigenvalue weighted by Crippen LogP contribution is -2.40. The fourth-order valence-corrected chi connectivity index (χ4v) is 6.83. The van der Waals surface area contributed by atoms with Crippen LogP contribution in [0.1, 0.15) is 32.1 Å². The zero-order valence-corrected chi connectivity index (χ0v) is 18.8. The average Bonchev–Trinajstić information content (AvgIpc) is 3.57. The Labute approximate surface area is 179 Å². The van der Waals surface area contributed by atoms with Crippen LogP contribution in [0.2, 0.25) is 0 Å². The van der Waals surface area contributed by atoms with Crippen LogP contribution in [0.25, 0.3) is 0 Å². The molecule has 1 aromatic carbocycles. The van der Waals surface area contributed by atoms with Gasteiger partial charge in [0.1, 0.15) is 0 Å². The van der Waals surface area contributed by atoms with E-state index in [9.17, 15) is 16.8 Å². The molecular formula is C20H31N3O5S2. The second-order valence-electron chi connectivity index (χ2n) is 8.46. The van der Waals surface area contributed by atoms with Crippen molar-refractivity contribution in [2.75, 3.05) is 45.9 Å². The molecule has 0 amide bonds. The maximum atomic E-state index is 13.0. The SMILES string of the molecule is O=S(=O)(NC1CC1)c1ccc(S(=O)(=O)N2CCC(CCN3CCOCC3)CC2)cc1. The fourth-order valence-electron chi connectivity index (χ4n) is 4.06. The third kappa shape index (κ3) is 5.41. The summed E-state index contributed by atoms with van der Waals surface area (Å²) < 4.78 is 60.0. The molecule has 0 unspecified atom stereocenters. The van der Waals surface area contributed by atoms with E-state index in [0.717, 1.165) is 65.0 Å². The lowest BCUT2D eigenvalue weighted by atomic mass is 9.94. The summed E-state index contributed by atoms with van der Waals surface area (Å²) in [5.41, 5.74) is 0. The largest absolute Gasteiger partial charge is 0.379 e. The highest BCUT2D eigenvalue weighted by Gasteiger charge is 2.31. The van der Waals surface area contributed by atoms with Gasteiger partial charge in [0.25, 0.3) is 0 Å². The number of nitrogens with zero attached hydrogens (tertiary/aromatic N) is 2. The summed E-state index contributed by atoms with van der Waals surface area (Å²) in [7, 11) is -7.18. The minimum Gasteiger partial charge on any atom is -0.379 e. The molecule has 2 heterocycles. The fraction of sp³-hybridized carbons (Fsp3) is 0.700. The van der Waals surface area contributed by atoms with Crippen LogP contribution in [-0.2, 0) is 24.8 Å². The van der Waals surface area contributed by atoms with E-state index in [2.05, 4.69) is 9.62 Å². The third-order valence-electron chi connectivity index (χ3n) is 6.20. The van der Waals surface area contributed by atoms with Crippen LogP contribution >= 0.6 is 0 Å². The summed E-state index contributed by atoms with van der Waals surface area (Å²) in [5.74, 6) is 0.542. The molecule has 2 saturated heterocycles. The Hall–Kier alpha value is -1.04. The molecule has 1 aromatic rings. The maximum Gasteiger partial charge on any atom is 0.243 e. The standard InChI is InChI=1S/C20H31N3O5S2/c24-29(25,21-18-1-2-18)19-3-5-20(6-4-19)30(26,27)23-11-8-17(9-12-23)7-10-22-13-15-28-16-14-22/h3-6,17-18,21H,1-2,7-16H2. The van der Waals surface area contributed by atoms with Gasteiger partial charge in [-0.05, 0) is 68.8 Å². The van der Waals surface area contributed by atoms with Crippen molar-refractivity contribution in [3.05, 3.63) is 24.3 Å². The van der Waals surface area contributed by atoms with Gasteiger partial charge in [0.05, 0.1) is 23.0 Å². The van der Waals surface area contributed by atoms with Crippen LogP contribution in [0.15, 0.2) is 34.1 Å². The Bertz CT molecular complexity index is 916. The molecule has 10 heteroatoms. The molecule has 1 N–H and O–H groups in total. The maximum absolute atomic E-state index is 13.0. The van der Waals surface area contributed by atoms with Crippen LogP contribution in [0, 0.1) is 5.92 Å². The second kappa shape index (κ2) is 9.22. The number of morpholine rings is 1. The highest BCUT2D eigenvalue weighted by Crippen LogP contribution is 2.27. The molecule has 0 radical (unpaired) electrons. The smallest absolute Gasteiger partial charge is 0.243 e. The molecule has 1 aliphatic carbocycles. The van der Waals surface area contributed by atoms with Crippen molar-refractivity contribution >= 4 is 20.0 Å². The molecule has 30 heavy (non-hydrogen) atoms. The van der Waals surface area contributed by atoms with Crippen LogP contribution in [0.5, 0.6) is 0 Å². The lowest BCUT2D eigenvalue weighted by Gasteiger charge is -2.33. The van der Waals surface area contributed by atoms with Gasteiger partial charge < -0.3 is 4.74 Å². The molecule has 8 nitrogen and oxygen atoms in total. The first kappa shape index (κ1) is 22.2. The Morgan fingerprint density at radius 3 is 2.07 bits per heavy atom. The van der Waals surface area contributed by atoms with Gasteiger partial charge in [-0.2, -0.15) is 4.31 Å². The number of hydrogen-bond donors (Lipinski definition) is 1. The Balaban J connectivity index is 1.31. The van der Waals surface area contributed by atoms with Crippen molar-refractivity contribution in [3.63, 3.8) is 0 Å². The predicted molar refractivity (Wildman–Crippen MR) is 113 cm³/mol. The van der Waals surface area contributed by atoms with E-state index in [1.165, 1.54) is 28.6 Å². The minimum atomic E-state index is -3.60. The molecule has 4 rings (SSSR count). The first-order chi connectivity index (χ1) is 14.3. The summed E-state index contributed by atoms with van der Waals surface area (Å²) in [4.78, 5) is 2.68. The van der Waals surface area contributed by atoms with Crippen LogP contribution in [0.4, 0.5) is 0 Å². The molecule has 168 valence electrons. The summed E-state index contributed by atoms with van der Waals surface area (Å²) >= 11 is 0. The van der Waals surface area contributed by atoms with Crippen molar-refractivity contribution in [3.8, 4) is 0 Å². The number of nitrogens with one attached hydrogen (secondary N) is 1. The monoisotopic (exact) mass is 457 g/mol. The van der Waals surface area contributed by atoms with Crippen LogP contribution < -0.4 is 4.72 Å². The molecular weight excluding hydrogens is 426 g/mol. The number of ether oxygens (including phenoxy) is 1. The van der Waals surface area contributed by atoms with Crippen molar-refractivity contribution in [1.82, 2.24) is 13.9 Å². The van der Waals surface area contributed by atoms with Crippen molar-refractivity contribution in [2.24, 2.45) is 5.92 Å². The van der Waals surface area contributed by atoms with Gasteiger partial charge in [0, 0.05) is 32.2 Å². The minimum absolute atomic E-state index is 0.0166.